The third-order valence-corrected chi connectivity index (χ3v) is 13.0. The van der Waals surface area contributed by atoms with E-state index in [1.165, 1.54) is 199 Å². The minimum Gasteiger partial charge on any atom is -0.457 e. The van der Waals surface area contributed by atoms with Crippen LogP contribution in [0.3, 0.4) is 0 Å². The van der Waals surface area contributed by atoms with Crippen LogP contribution >= 0.6 is 0 Å². The van der Waals surface area contributed by atoms with Gasteiger partial charge in [0.2, 0.25) is 0 Å². The number of hydrogen-bond acceptors (Lipinski definition) is 9. The Morgan fingerprint density at radius 3 is 1.32 bits per heavy atom. The molecule has 0 aromatic rings. The van der Waals surface area contributed by atoms with Crippen molar-refractivity contribution in [3.05, 3.63) is 36.5 Å². The van der Waals surface area contributed by atoms with Crippen molar-refractivity contribution in [2.75, 3.05) is 26.4 Å². The maximum absolute atomic E-state index is 12.9. The summed E-state index contributed by atoms with van der Waals surface area (Å²) in [5.74, 6) is -0.313. The van der Waals surface area contributed by atoms with E-state index < -0.39 is 43.4 Å². The van der Waals surface area contributed by atoms with Crippen molar-refractivity contribution in [1.29, 1.82) is 0 Å². The second-order valence-corrected chi connectivity index (χ2v) is 19.4. The molecule has 0 aromatic heterocycles. The van der Waals surface area contributed by atoms with E-state index in [1.807, 2.05) is 0 Å². The minimum atomic E-state index is -1.54. The fourth-order valence-electron chi connectivity index (χ4n) is 8.64. The summed E-state index contributed by atoms with van der Waals surface area (Å²) < 4.78 is 23.0. The standard InChI is InChI=1S/C57H106O9/c1-3-5-7-9-11-13-15-17-19-21-23-24-25-26-27-29-31-33-35-37-39-41-43-45-47-63-49-51(50-64-57-56(62)55(61)54(60)52(48-58)66-57)65-53(59)46-44-42-40-38-36-34-32-30-28-22-20-18-16-14-12-10-8-6-4-2/h15,17-18,20-21,23,51-52,54-58,60-62H,3-14,16,19,22,24-50H2,1-2H3/b17-15-,20-18-,23-21-. The molecule has 0 aromatic carbocycles. The third kappa shape index (κ3) is 38.3. The molecule has 1 aliphatic heterocycles. The van der Waals surface area contributed by atoms with Crippen LogP contribution in [0.2, 0.25) is 0 Å². The number of carbonyl (C=O) groups excluding carboxylic acids is 1. The quantitative estimate of drug-likeness (QED) is 0.0267. The highest BCUT2D eigenvalue weighted by molar-refractivity contribution is 5.69. The van der Waals surface area contributed by atoms with Gasteiger partial charge < -0.3 is 39.4 Å². The molecule has 388 valence electrons. The van der Waals surface area contributed by atoms with Gasteiger partial charge in [0, 0.05) is 13.0 Å². The molecule has 66 heavy (non-hydrogen) atoms. The van der Waals surface area contributed by atoms with Gasteiger partial charge >= 0.3 is 5.97 Å². The van der Waals surface area contributed by atoms with Gasteiger partial charge in [-0.05, 0) is 70.6 Å². The fraction of sp³-hybridized carbons (Fsp3) is 0.877. The van der Waals surface area contributed by atoms with Crippen molar-refractivity contribution in [3.63, 3.8) is 0 Å². The molecule has 0 spiro atoms. The smallest absolute Gasteiger partial charge is 0.306 e. The summed E-state index contributed by atoms with van der Waals surface area (Å²) in [7, 11) is 0. The molecule has 0 saturated carbocycles. The van der Waals surface area contributed by atoms with E-state index in [0.717, 1.165) is 38.5 Å². The molecule has 1 saturated heterocycles. The highest BCUT2D eigenvalue weighted by Crippen LogP contribution is 2.23. The Morgan fingerprint density at radius 2 is 0.879 bits per heavy atom. The number of aliphatic hydroxyl groups is 4. The molecular weight excluding hydrogens is 829 g/mol. The first-order valence-electron chi connectivity index (χ1n) is 28.1. The van der Waals surface area contributed by atoms with Crippen LogP contribution in [0.25, 0.3) is 0 Å². The van der Waals surface area contributed by atoms with Gasteiger partial charge in [-0.3, -0.25) is 4.79 Å². The van der Waals surface area contributed by atoms with Gasteiger partial charge in [-0.15, -0.1) is 0 Å². The van der Waals surface area contributed by atoms with Gasteiger partial charge in [-0.25, -0.2) is 0 Å². The average molecular weight is 935 g/mol. The van der Waals surface area contributed by atoms with Crippen LogP contribution in [0.5, 0.6) is 0 Å². The summed E-state index contributed by atoms with van der Waals surface area (Å²) in [6, 6.07) is 0. The molecule has 0 amide bonds. The molecular formula is C57H106O9. The summed E-state index contributed by atoms with van der Waals surface area (Å²) in [5.41, 5.74) is 0. The molecule has 4 N–H and O–H groups in total. The number of unbranched alkanes of at least 4 members (excludes halogenated alkanes) is 32. The fourth-order valence-corrected chi connectivity index (χ4v) is 8.64. The molecule has 1 heterocycles. The van der Waals surface area contributed by atoms with Gasteiger partial charge in [0.25, 0.3) is 0 Å². The van der Waals surface area contributed by atoms with Crippen LogP contribution in [-0.2, 0) is 23.7 Å². The van der Waals surface area contributed by atoms with Crippen molar-refractivity contribution in [1.82, 2.24) is 0 Å². The van der Waals surface area contributed by atoms with E-state index >= 15 is 0 Å². The predicted octanol–water partition coefficient (Wildman–Crippen LogP) is 14.3. The molecule has 6 unspecified atom stereocenters. The van der Waals surface area contributed by atoms with Crippen molar-refractivity contribution < 1.29 is 44.2 Å². The lowest BCUT2D eigenvalue weighted by molar-refractivity contribution is -0.305. The van der Waals surface area contributed by atoms with E-state index in [-0.39, 0.29) is 19.2 Å². The van der Waals surface area contributed by atoms with E-state index in [2.05, 4.69) is 50.3 Å². The van der Waals surface area contributed by atoms with E-state index in [1.54, 1.807) is 0 Å². The Balaban J connectivity index is 2.16. The number of ether oxygens (including phenoxy) is 4. The van der Waals surface area contributed by atoms with E-state index in [0.29, 0.717) is 13.0 Å². The maximum Gasteiger partial charge on any atom is 0.306 e. The summed E-state index contributed by atoms with van der Waals surface area (Å²) >= 11 is 0. The lowest BCUT2D eigenvalue weighted by atomic mass is 9.99. The van der Waals surface area contributed by atoms with Crippen LogP contribution in [0.4, 0.5) is 0 Å². The number of carbonyl (C=O) groups is 1. The minimum absolute atomic E-state index is 0.112. The van der Waals surface area contributed by atoms with Crippen LogP contribution in [0.15, 0.2) is 36.5 Å². The Bertz CT molecular complexity index is 1110. The molecule has 1 aliphatic rings. The first kappa shape index (κ1) is 62.4. The van der Waals surface area contributed by atoms with Crippen LogP contribution < -0.4 is 0 Å². The van der Waals surface area contributed by atoms with Crippen LogP contribution in [-0.4, -0.2) is 89.6 Å². The van der Waals surface area contributed by atoms with Crippen molar-refractivity contribution >= 4 is 5.97 Å². The second kappa shape index (κ2) is 48.4. The zero-order valence-electron chi connectivity index (χ0n) is 43.0. The monoisotopic (exact) mass is 935 g/mol. The van der Waals surface area contributed by atoms with Crippen molar-refractivity contribution in [2.45, 2.75) is 295 Å². The van der Waals surface area contributed by atoms with Gasteiger partial charge in [0.05, 0.1) is 19.8 Å². The first-order valence-corrected chi connectivity index (χ1v) is 28.1. The van der Waals surface area contributed by atoms with Gasteiger partial charge in [0.1, 0.15) is 30.5 Å². The van der Waals surface area contributed by atoms with Gasteiger partial charge in [-0.1, -0.05) is 217 Å². The lowest BCUT2D eigenvalue weighted by Crippen LogP contribution is -2.59. The number of rotatable bonds is 49. The van der Waals surface area contributed by atoms with Crippen molar-refractivity contribution in [2.24, 2.45) is 0 Å². The Hall–Kier alpha value is -1.59. The molecule has 0 aliphatic carbocycles. The largest absolute Gasteiger partial charge is 0.457 e. The molecule has 6 atom stereocenters. The number of hydrogen-bond donors (Lipinski definition) is 4. The van der Waals surface area contributed by atoms with Gasteiger partial charge in [0.15, 0.2) is 6.29 Å². The zero-order valence-corrected chi connectivity index (χ0v) is 43.0. The molecule has 9 nitrogen and oxygen atoms in total. The summed E-state index contributed by atoms with van der Waals surface area (Å²) in [6.07, 6.45) is 53.3. The molecule has 1 fully saturated rings. The average Bonchev–Trinajstić information content (AvgIpc) is 3.32. The molecule has 1 rings (SSSR count). The number of aliphatic hydroxyl groups excluding tert-OH is 4. The van der Waals surface area contributed by atoms with Crippen LogP contribution in [0, 0.1) is 0 Å². The number of allylic oxidation sites excluding steroid dienone is 6. The summed E-state index contributed by atoms with van der Waals surface area (Å²) in [5, 5.41) is 40.3. The third-order valence-electron chi connectivity index (χ3n) is 13.0. The zero-order chi connectivity index (χ0) is 47.8. The normalized spacial score (nSPS) is 19.5. The second-order valence-electron chi connectivity index (χ2n) is 19.4. The summed E-state index contributed by atoms with van der Waals surface area (Å²) in [4.78, 5) is 12.9. The van der Waals surface area contributed by atoms with Crippen molar-refractivity contribution in [3.8, 4) is 0 Å². The van der Waals surface area contributed by atoms with E-state index in [9.17, 15) is 25.2 Å². The topological polar surface area (TPSA) is 135 Å². The highest BCUT2D eigenvalue weighted by atomic mass is 16.7. The Kier molecular flexibility index (Phi) is 45.8. The van der Waals surface area contributed by atoms with E-state index in [4.69, 9.17) is 18.9 Å². The molecule has 0 radical (unpaired) electrons. The summed E-state index contributed by atoms with van der Waals surface area (Å²) in [6.45, 7) is 4.58. The number of esters is 1. The highest BCUT2D eigenvalue weighted by Gasteiger charge is 2.44. The lowest BCUT2D eigenvalue weighted by Gasteiger charge is -2.39. The molecule has 0 bridgehead atoms. The maximum atomic E-state index is 12.9. The Morgan fingerprint density at radius 1 is 0.485 bits per heavy atom. The predicted molar refractivity (Wildman–Crippen MR) is 275 cm³/mol. The Labute approximate surface area is 406 Å². The molecule has 9 heteroatoms. The van der Waals surface area contributed by atoms with Crippen LogP contribution in [0.1, 0.15) is 258 Å². The van der Waals surface area contributed by atoms with Gasteiger partial charge in [-0.2, -0.15) is 0 Å². The SMILES string of the molecule is CCCCCCC/C=C\C/C=C\CCCCCCCCCCCCCCOCC(COC1OC(CO)C(O)C(O)C1O)OC(=O)CCCCCCCCCCC/C=C\CCCCCCCC. The first-order chi connectivity index (χ1) is 32.4.